The number of rotatable bonds is 2. The fraction of sp³-hybridized carbons (Fsp3) is 0.417. The van der Waals surface area contributed by atoms with Gasteiger partial charge in [-0.3, -0.25) is 0 Å². The van der Waals surface area contributed by atoms with E-state index in [2.05, 4.69) is 5.32 Å². The van der Waals surface area contributed by atoms with Crippen molar-refractivity contribution in [2.75, 3.05) is 33.2 Å². The number of piperazine rings is 1. The predicted octanol–water partition coefficient (Wildman–Crippen LogP) is 0.471. The Balaban J connectivity index is 2.11. The molecule has 8 heteroatoms. The lowest BCUT2D eigenvalue weighted by Gasteiger charge is -2.33. The molecule has 1 aromatic carbocycles. The molecule has 1 N–H and O–H groups in total. The van der Waals surface area contributed by atoms with Crippen LogP contribution in [0.15, 0.2) is 29.2 Å². The van der Waals surface area contributed by atoms with E-state index in [1.807, 2.05) is 0 Å². The Morgan fingerprint density at radius 1 is 1.25 bits per heavy atom. The van der Waals surface area contributed by atoms with Crippen molar-refractivity contribution in [3.8, 4) is 0 Å². The monoisotopic (exact) mass is 301 g/mol. The van der Waals surface area contributed by atoms with E-state index in [1.165, 1.54) is 34.5 Å². The molecule has 0 aliphatic carbocycles. The largest absolute Gasteiger partial charge is 0.341 e. The summed E-state index contributed by atoms with van der Waals surface area (Å²) in [6.45, 7) is 1.03. The van der Waals surface area contributed by atoms with Gasteiger partial charge in [-0.2, -0.15) is 4.31 Å². The molecule has 0 atom stereocenters. The number of amides is 2. The van der Waals surface area contributed by atoms with Gasteiger partial charge in [0.25, 0.3) is 0 Å². The molecule has 0 radical (unpaired) electrons. The molecular formula is C12H16FN3O3S. The van der Waals surface area contributed by atoms with E-state index in [9.17, 15) is 17.6 Å². The third-order valence-corrected chi connectivity index (χ3v) is 5.07. The number of sulfonamides is 1. The van der Waals surface area contributed by atoms with Crippen molar-refractivity contribution in [2.24, 2.45) is 0 Å². The van der Waals surface area contributed by atoms with Crippen LogP contribution < -0.4 is 5.32 Å². The third kappa shape index (κ3) is 2.91. The number of carbonyl (C=O) groups excluding carboxylic acids is 1. The first-order chi connectivity index (χ1) is 9.45. The Kier molecular flexibility index (Phi) is 4.24. The lowest BCUT2D eigenvalue weighted by Crippen LogP contribution is -2.52. The summed E-state index contributed by atoms with van der Waals surface area (Å²) in [6, 6.07) is 4.70. The van der Waals surface area contributed by atoms with E-state index >= 15 is 0 Å². The third-order valence-electron chi connectivity index (χ3n) is 3.17. The van der Waals surface area contributed by atoms with Gasteiger partial charge in [-0.05, 0) is 18.2 Å². The van der Waals surface area contributed by atoms with E-state index in [-0.39, 0.29) is 24.0 Å². The minimum Gasteiger partial charge on any atom is -0.341 e. The highest BCUT2D eigenvalue weighted by Crippen LogP contribution is 2.18. The van der Waals surface area contributed by atoms with Crippen LogP contribution in [0.2, 0.25) is 0 Å². The van der Waals surface area contributed by atoms with E-state index < -0.39 is 15.8 Å². The van der Waals surface area contributed by atoms with E-state index in [0.717, 1.165) is 6.07 Å². The Hall–Kier alpha value is -1.67. The molecule has 110 valence electrons. The zero-order valence-electron chi connectivity index (χ0n) is 11.0. The fourth-order valence-corrected chi connectivity index (χ4v) is 3.52. The van der Waals surface area contributed by atoms with Crippen LogP contribution in [0.1, 0.15) is 0 Å². The summed E-state index contributed by atoms with van der Waals surface area (Å²) in [5.41, 5.74) is 0. The highest BCUT2D eigenvalue weighted by molar-refractivity contribution is 7.89. The van der Waals surface area contributed by atoms with Crippen molar-refractivity contribution in [3.63, 3.8) is 0 Å². The minimum atomic E-state index is -3.71. The zero-order chi connectivity index (χ0) is 14.8. The number of nitrogens with one attached hydrogen (secondary N) is 1. The normalized spacial score (nSPS) is 17.0. The lowest BCUT2D eigenvalue weighted by molar-refractivity contribution is 0.174. The number of nitrogens with zero attached hydrogens (tertiary/aromatic N) is 2. The standard InChI is InChI=1S/C12H16FN3O3S/c1-14-12(17)15-5-7-16(8-6-15)20(18,19)11-4-2-3-10(13)9-11/h2-4,9H,5-8H2,1H3,(H,14,17). The van der Waals surface area contributed by atoms with Gasteiger partial charge in [0.1, 0.15) is 5.82 Å². The molecule has 1 fully saturated rings. The van der Waals surface area contributed by atoms with Gasteiger partial charge >= 0.3 is 6.03 Å². The van der Waals surface area contributed by atoms with Gasteiger partial charge in [0.2, 0.25) is 10.0 Å². The predicted molar refractivity (Wildman–Crippen MR) is 71.2 cm³/mol. The minimum absolute atomic E-state index is 0.0640. The summed E-state index contributed by atoms with van der Waals surface area (Å²) in [6.07, 6.45) is 0. The molecule has 1 saturated heterocycles. The number of carbonyl (C=O) groups is 1. The maximum absolute atomic E-state index is 13.1. The molecule has 20 heavy (non-hydrogen) atoms. The second-order valence-electron chi connectivity index (χ2n) is 4.40. The average Bonchev–Trinajstić information content (AvgIpc) is 2.46. The van der Waals surface area contributed by atoms with Gasteiger partial charge < -0.3 is 10.2 Å². The van der Waals surface area contributed by atoms with Crippen molar-refractivity contribution in [2.45, 2.75) is 4.90 Å². The molecular weight excluding hydrogens is 285 g/mol. The van der Waals surface area contributed by atoms with Crippen LogP contribution in [0.4, 0.5) is 9.18 Å². The number of urea groups is 1. The summed E-state index contributed by atoms with van der Waals surface area (Å²) < 4.78 is 39.1. The highest BCUT2D eigenvalue weighted by Gasteiger charge is 2.29. The maximum atomic E-state index is 13.1. The number of benzene rings is 1. The molecule has 0 unspecified atom stereocenters. The van der Waals surface area contributed by atoms with Crippen LogP contribution in [-0.4, -0.2) is 56.9 Å². The highest BCUT2D eigenvalue weighted by atomic mass is 32.2. The van der Waals surface area contributed by atoms with Crippen molar-refractivity contribution < 1.29 is 17.6 Å². The molecule has 0 bridgehead atoms. The van der Waals surface area contributed by atoms with Crippen LogP contribution >= 0.6 is 0 Å². The molecule has 0 aromatic heterocycles. The summed E-state index contributed by atoms with van der Waals surface area (Å²) in [5.74, 6) is -0.588. The first-order valence-electron chi connectivity index (χ1n) is 6.17. The summed E-state index contributed by atoms with van der Waals surface area (Å²) in [4.78, 5) is 12.9. The van der Waals surface area contributed by atoms with Crippen LogP contribution in [0.5, 0.6) is 0 Å². The van der Waals surface area contributed by atoms with Gasteiger partial charge in [-0.25, -0.2) is 17.6 Å². The quantitative estimate of drug-likeness (QED) is 0.863. The first kappa shape index (κ1) is 14.7. The molecule has 0 saturated carbocycles. The maximum Gasteiger partial charge on any atom is 0.317 e. The van der Waals surface area contributed by atoms with Gasteiger partial charge in [-0.15, -0.1) is 0 Å². The van der Waals surface area contributed by atoms with E-state index in [1.54, 1.807) is 0 Å². The van der Waals surface area contributed by atoms with Crippen LogP contribution in [0.25, 0.3) is 0 Å². The van der Waals surface area contributed by atoms with Crippen molar-refractivity contribution in [1.29, 1.82) is 0 Å². The van der Waals surface area contributed by atoms with Crippen LogP contribution in [0, 0.1) is 5.82 Å². The SMILES string of the molecule is CNC(=O)N1CCN(S(=O)(=O)c2cccc(F)c2)CC1. The first-order valence-corrected chi connectivity index (χ1v) is 7.61. The Bertz CT molecular complexity index is 598. The van der Waals surface area contributed by atoms with Gasteiger partial charge in [0.05, 0.1) is 4.90 Å². The molecule has 1 heterocycles. The van der Waals surface area contributed by atoms with Crippen molar-refractivity contribution in [1.82, 2.24) is 14.5 Å². The summed E-state index contributed by atoms with van der Waals surface area (Å²) in [7, 11) is -2.18. The molecule has 1 aliphatic rings. The number of halogens is 1. The molecule has 1 aromatic rings. The summed E-state index contributed by atoms with van der Waals surface area (Å²) >= 11 is 0. The molecule has 2 amide bonds. The summed E-state index contributed by atoms with van der Waals surface area (Å²) in [5, 5.41) is 2.50. The van der Waals surface area contributed by atoms with Crippen molar-refractivity contribution >= 4 is 16.1 Å². The number of hydrogen-bond donors (Lipinski definition) is 1. The molecule has 2 rings (SSSR count). The molecule has 0 spiro atoms. The van der Waals surface area contributed by atoms with Gasteiger partial charge in [0, 0.05) is 33.2 Å². The van der Waals surface area contributed by atoms with Gasteiger partial charge in [0.15, 0.2) is 0 Å². The molecule has 1 aliphatic heterocycles. The smallest absolute Gasteiger partial charge is 0.317 e. The Morgan fingerprint density at radius 3 is 2.45 bits per heavy atom. The molecule has 6 nitrogen and oxygen atoms in total. The topological polar surface area (TPSA) is 69.7 Å². The fourth-order valence-electron chi connectivity index (χ4n) is 2.07. The second-order valence-corrected chi connectivity index (χ2v) is 6.34. The van der Waals surface area contributed by atoms with Gasteiger partial charge in [-0.1, -0.05) is 6.07 Å². The van der Waals surface area contributed by atoms with E-state index in [0.29, 0.717) is 13.1 Å². The Labute approximate surface area is 117 Å². The van der Waals surface area contributed by atoms with E-state index in [4.69, 9.17) is 0 Å². The van der Waals surface area contributed by atoms with Crippen LogP contribution in [0.3, 0.4) is 0 Å². The zero-order valence-corrected chi connectivity index (χ0v) is 11.9. The van der Waals surface area contributed by atoms with Crippen LogP contribution in [-0.2, 0) is 10.0 Å². The lowest BCUT2D eigenvalue weighted by atomic mass is 10.3. The second kappa shape index (κ2) is 5.76. The average molecular weight is 301 g/mol. The van der Waals surface area contributed by atoms with Crippen molar-refractivity contribution in [3.05, 3.63) is 30.1 Å². The number of hydrogen-bond acceptors (Lipinski definition) is 3. The Morgan fingerprint density at radius 2 is 1.90 bits per heavy atom.